The minimum Gasteiger partial charge on any atom is -0.366 e. The molecule has 1 aromatic heterocycles. The molecule has 0 aliphatic rings. The number of aromatic nitrogens is 2. The predicted octanol–water partition coefficient (Wildman–Crippen LogP) is 1.12. The van der Waals surface area contributed by atoms with E-state index in [1.54, 1.807) is 12.1 Å². The van der Waals surface area contributed by atoms with Crippen LogP contribution in [0.15, 0.2) is 18.2 Å². The van der Waals surface area contributed by atoms with Crippen molar-refractivity contribution < 1.29 is 4.79 Å². The molecule has 0 aliphatic heterocycles. The number of amides is 1. The summed E-state index contributed by atoms with van der Waals surface area (Å²) in [6.07, 6.45) is 0. The average molecular weight is 232 g/mol. The Bertz CT molecular complexity index is 571. The number of imidazole rings is 1. The Morgan fingerprint density at radius 3 is 2.76 bits per heavy atom. The van der Waals surface area contributed by atoms with Crippen LogP contribution in [0.4, 0.5) is 0 Å². The van der Waals surface area contributed by atoms with Gasteiger partial charge in [0.15, 0.2) is 0 Å². The number of carbonyl (C=O) groups is 1. The Morgan fingerprint density at radius 2 is 2.18 bits per heavy atom. The van der Waals surface area contributed by atoms with E-state index in [0.717, 1.165) is 11.3 Å². The number of nitrogens with zero attached hydrogens (tertiary/aromatic N) is 1. The highest BCUT2D eigenvalue weighted by molar-refractivity contribution is 6.04. The number of nitrogens with two attached hydrogens (primary N) is 1. The first-order chi connectivity index (χ1) is 7.95. The molecular weight excluding hydrogens is 216 g/mol. The third-order valence-electron chi connectivity index (χ3n) is 3.00. The number of H-pyrrole nitrogens is 1. The number of fused-ring (bicyclic) bond motifs is 1. The first kappa shape index (κ1) is 11.6. The number of rotatable bonds is 3. The van der Waals surface area contributed by atoms with Gasteiger partial charge in [-0.1, -0.05) is 6.07 Å². The van der Waals surface area contributed by atoms with Crippen molar-refractivity contribution in [1.29, 1.82) is 0 Å². The van der Waals surface area contributed by atoms with Crippen molar-refractivity contribution in [2.45, 2.75) is 19.4 Å². The minimum absolute atomic E-state index is 0.284. The number of carbonyl (C=O) groups excluding carboxylic acids is 1. The summed E-state index contributed by atoms with van der Waals surface area (Å²) in [6.45, 7) is 4.02. The van der Waals surface area contributed by atoms with E-state index in [1.807, 2.05) is 27.0 Å². The molecule has 1 heterocycles. The van der Waals surface area contributed by atoms with Crippen LogP contribution >= 0.6 is 0 Å². The third-order valence-corrected chi connectivity index (χ3v) is 3.00. The number of hydrogen-bond acceptors (Lipinski definition) is 3. The first-order valence-electron chi connectivity index (χ1n) is 5.43. The number of benzene rings is 1. The molecule has 0 aliphatic carbocycles. The minimum atomic E-state index is -0.462. The second kappa shape index (κ2) is 3.85. The molecule has 1 amide bonds. The lowest BCUT2D eigenvalue weighted by molar-refractivity contribution is 0.100. The molecule has 0 spiro atoms. The zero-order valence-corrected chi connectivity index (χ0v) is 10.2. The van der Waals surface area contributed by atoms with Gasteiger partial charge in [-0.25, -0.2) is 4.98 Å². The maximum absolute atomic E-state index is 11.3. The monoisotopic (exact) mass is 232 g/mol. The molecule has 5 nitrogen and oxygen atoms in total. The SMILES string of the molecule is CNC(C)(C)c1nc2c(C(N)=O)cccc2[nH]1. The Kier molecular flexibility index (Phi) is 2.63. The van der Waals surface area contributed by atoms with Crippen LogP contribution in [-0.4, -0.2) is 22.9 Å². The smallest absolute Gasteiger partial charge is 0.250 e. The molecule has 0 saturated heterocycles. The number of nitrogens with one attached hydrogen (secondary N) is 2. The van der Waals surface area contributed by atoms with Crippen LogP contribution in [0.5, 0.6) is 0 Å². The zero-order valence-electron chi connectivity index (χ0n) is 10.2. The molecule has 90 valence electrons. The number of para-hydroxylation sites is 1. The van der Waals surface area contributed by atoms with Gasteiger partial charge in [-0.2, -0.15) is 0 Å². The Morgan fingerprint density at radius 1 is 1.47 bits per heavy atom. The number of primary amides is 1. The van der Waals surface area contributed by atoms with Crippen LogP contribution in [0.2, 0.25) is 0 Å². The van der Waals surface area contributed by atoms with E-state index >= 15 is 0 Å². The van der Waals surface area contributed by atoms with Crippen molar-refractivity contribution in [3.63, 3.8) is 0 Å². The summed E-state index contributed by atoms with van der Waals surface area (Å²) >= 11 is 0. The van der Waals surface area contributed by atoms with Crippen LogP contribution in [0.1, 0.15) is 30.0 Å². The van der Waals surface area contributed by atoms with Crippen LogP contribution < -0.4 is 11.1 Å². The molecule has 0 atom stereocenters. The van der Waals surface area contributed by atoms with Crippen LogP contribution in [0.25, 0.3) is 11.0 Å². The maximum Gasteiger partial charge on any atom is 0.250 e. The van der Waals surface area contributed by atoms with Crippen LogP contribution in [-0.2, 0) is 5.54 Å². The van der Waals surface area contributed by atoms with Crippen molar-refractivity contribution in [1.82, 2.24) is 15.3 Å². The molecule has 0 saturated carbocycles. The first-order valence-corrected chi connectivity index (χ1v) is 5.43. The summed E-state index contributed by atoms with van der Waals surface area (Å²) in [5, 5.41) is 3.16. The summed E-state index contributed by atoms with van der Waals surface area (Å²) in [7, 11) is 1.86. The highest BCUT2D eigenvalue weighted by Gasteiger charge is 2.23. The maximum atomic E-state index is 11.3. The summed E-state index contributed by atoms with van der Waals surface area (Å²) in [6, 6.07) is 5.35. The normalized spacial score (nSPS) is 11.9. The lowest BCUT2D eigenvalue weighted by Gasteiger charge is -2.20. The molecule has 5 heteroatoms. The van der Waals surface area contributed by atoms with Gasteiger partial charge >= 0.3 is 0 Å². The summed E-state index contributed by atoms with van der Waals surface area (Å²) in [5.74, 6) is 0.319. The van der Waals surface area contributed by atoms with E-state index in [-0.39, 0.29) is 5.54 Å². The van der Waals surface area contributed by atoms with Crippen molar-refractivity contribution >= 4 is 16.9 Å². The quantitative estimate of drug-likeness (QED) is 0.741. The van der Waals surface area contributed by atoms with E-state index in [0.29, 0.717) is 11.1 Å². The lowest BCUT2D eigenvalue weighted by Crippen LogP contribution is -2.34. The summed E-state index contributed by atoms with van der Waals surface area (Å²) < 4.78 is 0. The summed E-state index contributed by atoms with van der Waals surface area (Å²) in [5.41, 5.74) is 6.92. The second-order valence-electron chi connectivity index (χ2n) is 4.53. The zero-order chi connectivity index (χ0) is 12.6. The van der Waals surface area contributed by atoms with E-state index in [4.69, 9.17) is 5.73 Å². The number of aromatic amines is 1. The largest absolute Gasteiger partial charge is 0.366 e. The second-order valence-corrected chi connectivity index (χ2v) is 4.53. The van der Waals surface area contributed by atoms with E-state index < -0.39 is 5.91 Å². The number of hydrogen-bond donors (Lipinski definition) is 3. The molecule has 0 fully saturated rings. The molecule has 17 heavy (non-hydrogen) atoms. The topological polar surface area (TPSA) is 83.8 Å². The summed E-state index contributed by atoms with van der Waals surface area (Å²) in [4.78, 5) is 19.0. The van der Waals surface area contributed by atoms with Crippen molar-refractivity contribution in [2.75, 3.05) is 7.05 Å². The van der Waals surface area contributed by atoms with Gasteiger partial charge in [0.2, 0.25) is 0 Å². The molecule has 1 aromatic carbocycles. The van der Waals surface area contributed by atoms with E-state index in [1.165, 1.54) is 0 Å². The Balaban J connectivity index is 2.66. The van der Waals surface area contributed by atoms with Crippen molar-refractivity contribution in [3.8, 4) is 0 Å². The van der Waals surface area contributed by atoms with Crippen LogP contribution in [0.3, 0.4) is 0 Å². The molecule has 0 bridgehead atoms. The van der Waals surface area contributed by atoms with Gasteiger partial charge in [0, 0.05) is 0 Å². The molecular formula is C12H16N4O. The third kappa shape index (κ3) is 1.89. The van der Waals surface area contributed by atoms with Gasteiger partial charge in [-0.15, -0.1) is 0 Å². The van der Waals surface area contributed by atoms with Gasteiger partial charge in [-0.05, 0) is 33.0 Å². The van der Waals surface area contributed by atoms with Gasteiger partial charge in [0.1, 0.15) is 11.3 Å². The fraction of sp³-hybridized carbons (Fsp3) is 0.333. The fourth-order valence-electron chi connectivity index (χ4n) is 1.65. The van der Waals surface area contributed by atoms with Crippen molar-refractivity contribution in [2.24, 2.45) is 5.73 Å². The standard InChI is InChI=1S/C12H16N4O/c1-12(2,14-3)11-15-8-6-4-5-7(10(13)17)9(8)16-11/h4-6,14H,1-3H3,(H2,13,17)(H,15,16). The molecule has 0 unspecified atom stereocenters. The highest BCUT2D eigenvalue weighted by Crippen LogP contribution is 2.22. The van der Waals surface area contributed by atoms with E-state index in [2.05, 4.69) is 15.3 Å². The lowest BCUT2D eigenvalue weighted by atomic mass is 10.1. The Hall–Kier alpha value is -1.88. The average Bonchev–Trinajstić information content (AvgIpc) is 2.72. The van der Waals surface area contributed by atoms with Crippen molar-refractivity contribution in [3.05, 3.63) is 29.6 Å². The fourth-order valence-corrected chi connectivity index (χ4v) is 1.65. The van der Waals surface area contributed by atoms with Gasteiger partial charge in [-0.3, -0.25) is 4.79 Å². The Labute approximate surface area is 99.4 Å². The van der Waals surface area contributed by atoms with Gasteiger partial charge in [0.05, 0.1) is 16.6 Å². The van der Waals surface area contributed by atoms with Crippen LogP contribution in [0, 0.1) is 0 Å². The van der Waals surface area contributed by atoms with Gasteiger partial charge in [0.25, 0.3) is 5.91 Å². The van der Waals surface area contributed by atoms with Gasteiger partial charge < -0.3 is 16.0 Å². The molecule has 2 rings (SSSR count). The highest BCUT2D eigenvalue weighted by atomic mass is 16.1. The molecule has 2 aromatic rings. The van der Waals surface area contributed by atoms with E-state index in [9.17, 15) is 4.79 Å². The molecule has 4 N–H and O–H groups in total. The molecule has 0 radical (unpaired) electrons. The predicted molar refractivity (Wildman–Crippen MR) is 66.7 cm³/mol.